The maximum atomic E-state index is 12.5. The van der Waals surface area contributed by atoms with Crippen molar-refractivity contribution >= 4 is 11.9 Å². The van der Waals surface area contributed by atoms with E-state index in [0.717, 1.165) is 44.9 Å². The standard InChI is InChI=1S/C70H135NO5/c1-3-5-7-9-11-13-15-17-18-19-34-37-40-44-48-52-56-60-64-70(75)76-65-61-57-53-49-45-41-38-35-32-30-28-26-24-22-20-21-23-25-27-29-31-33-36-39-43-47-51-55-59-63-69(74)71-67(66-72)68(73)62-58-54-50-46-42-16-14-12-10-8-6-4-2/h18-19,58,62,67-68,72-73H,3-17,20-57,59-61,63-66H2,1-2H3,(H,71,74)/b19-18-,62-58+. The van der Waals surface area contributed by atoms with Crippen molar-refractivity contribution in [1.29, 1.82) is 0 Å². The monoisotopic (exact) mass is 1070 g/mol. The van der Waals surface area contributed by atoms with Gasteiger partial charge in [-0.15, -0.1) is 0 Å². The minimum Gasteiger partial charge on any atom is -0.466 e. The molecule has 0 saturated carbocycles. The van der Waals surface area contributed by atoms with E-state index in [9.17, 15) is 19.8 Å². The van der Waals surface area contributed by atoms with Gasteiger partial charge >= 0.3 is 5.97 Å². The fraction of sp³-hybridized carbons (Fsp3) is 0.914. The van der Waals surface area contributed by atoms with Crippen LogP contribution in [0.2, 0.25) is 0 Å². The predicted octanol–water partition coefficient (Wildman–Crippen LogP) is 22.1. The number of nitrogens with one attached hydrogen (secondary N) is 1. The fourth-order valence-corrected chi connectivity index (χ4v) is 10.9. The van der Waals surface area contributed by atoms with Gasteiger partial charge in [-0.25, -0.2) is 0 Å². The minimum absolute atomic E-state index is 0.0168. The zero-order valence-corrected chi connectivity index (χ0v) is 51.5. The number of carbonyl (C=O) groups is 2. The van der Waals surface area contributed by atoms with E-state index in [1.165, 1.54) is 315 Å². The van der Waals surface area contributed by atoms with Crippen molar-refractivity contribution in [3.8, 4) is 0 Å². The predicted molar refractivity (Wildman–Crippen MR) is 333 cm³/mol. The van der Waals surface area contributed by atoms with Gasteiger partial charge in [0.2, 0.25) is 5.91 Å². The number of unbranched alkanes of at least 4 members (excludes halogenated alkanes) is 52. The third-order valence-corrected chi connectivity index (χ3v) is 16.2. The molecular formula is C70H135NO5. The summed E-state index contributed by atoms with van der Waals surface area (Å²) in [6, 6.07) is -0.624. The van der Waals surface area contributed by atoms with E-state index in [1.54, 1.807) is 6.08 Å². The first-order valence-electron chi connectivity index (χ1n) is 34.6. The van der Waals surface area contributed by atoms with Gasteiger partial charge in [0.25, 0.3) is 0 Å². The summed E-state index contributed by atoms with van der Waals surface area (Å²) in [4.78, 5) is 24.6. The molecule has 0 rings (SSSR count). The zero-order chi connectivity index (χ0) is 55.0. The number of allylic oxidation sites excluding steroid dienone is 3. The lowest BCUT2D eigenvalue weighted by atomic mass is 10.0. The van der Waals surface area contributed by atoms with Gasteiger partial charge in [0.15, 0.2) is 0 Å². The Morgan fingerprint density at radius 3 is 0.934 bits per heavy atom. The van der Waals surface area contributed by atoms with E-state index in [2.05, 4.69) is 31.3 Å². The van der Waals surface area contributed by atoms with Crippen molar-refractivity contribution in [3.05, 3.63) is 24.3 Å². The van der Waals surface area contributed by atoms with Crippen molar-refractivity contribution in [2.45, 2.75) is 398 Å². The molecule has 0 aromatic heterocycles. The van der Waals surface area contributed by atoms with E-state index in [-0.39, 0.29) is 18.5 Å². The number of aliphatic hydroxyl groups excluding tert-OH is 2. The summed E-state index contributed by atoms with van der Waals surface area (Å²) in [5, 5.41) is 23.1. The second-order valence-corrected chi connectivity index (χ2v) is 23.9. The normalized spacial score (nSPS) is 12.6. The highest BCUT2D eigenvalue weighted by molar-refractivity contribution is 5.76. The Bertz CT molecular complexity index is 1190. The molecule has 0 aliphatic heterocycles. The van der Waals surface area contributed by atoms with E-state index in [0.29, 0.717) is 19.4 Å². The summed E-state index contributed by atoms with van der Waals surface area (Å²) in [6.07, 6.45) is 82.6. The Labute approximate surface area is 475 Å². The molecule has 6 heteroatoms. The maximum Gasteiger partial charge on any atom is 0.305 e. The molecule has 0 saturated heterocycles. The van der Waals surface area contributed by atoms with Gasteiger partial charge in [-0.2, -0.15) is 0 Å². The van der Waals surface area contributed by atoms with Crippen LogP contribution in [0.1, 0.15) is 386 Å². The van der Waals surface area contributed by atoms with Crippen molar-refractivity contribution in [3.63, 3.8) is 0 Å². The first-order valence-corrected chi connectivity index (χ1v) is 34.6. The minimum atomic E-state index is -0.840. The Morgan fingerprint density at radius 1 is 0.355 bits per heavy atom. The lowest BCUT2D eigenvalue weighted by molar-refractivity contribution is -0.143. The Kier molecular flexibility index (Phi) is 64.4. The molecule has 2 unspecified atom stereocenters. The molecule has 6 nitrogen and oxygen atoms in total. The quantitative estimate of drug-likeness (QED) is 0.0320. The van der Waals surface area contributed by atoms with Gasteiger partial charge in [0.1, 0.15) is 0 Å². The van der Waals surface area contributed by atoms with E-state index in [1.807, 2.05) is 6.08 Å². The topological polar surface area (TPSA) is 95.9 Å². The Morgan fingerprint density at radius 2 is 0.618 bits per heavy atom. The van der Waals surface area contributed by atoms with E-state index >= 15 is 0 Å². The molecule has 3 N–H and O–H groups in total. The highest BCUT2D eigenvalue weighted by Crippen LogP contribution is 2.19. The van der Waals surface area contributed by atoms with Crippen LogP contribution in [-0.4, -0.2) is 47.4 Å². The number of carbonyl (C=O) groups excluding carboxylic acids is 2. The molecule has 0 aromatic rings. The number of esters is 1. The number of hydrogen-bond acceptors (Lipinski definition) is 5. The molecule has 0 aliphatic carbocycles. The average molecular weight is 1070 g/mol. The second kappa shape index (κ2) is 65.9. The average Bonchev–Trinajstić information content (AvgIpc) is 3.42. The lowest BCUT2D eigenvalue weighted by Gasteiger charge is -2.20. The number of aliphatic hydroxyl groups is 2. The van der Waals surface area contributed by atoms with Crippen molar-refractivity contribution < 1.29 is 24.5 Å². The van der Waals surface area contributed by atoms with E-state index < -0.39 is 12.1 Å². The molecule has 2 atom stereocenters. The summed E-state index contributed by atoms with van der Waals surface area (Å²) in [6.45, 7) is 4.92. The molecule has 76 heavy (non-hydrogen) atoms. The number of ether oxygens (including phenoxy) is 1. The van der Waals surface area contributed by atoms with Crippen molar-refractivity contribution in [1.82, 2.24) is 5.32 Å². The second-order valence-electron chi connectivity index (χ2n) is 23.9. The van der Waals surface area contributed by atoms with Gasteiger partial charge in [0.05, 0.1) is 25.4 Å². The molecule has 450 valence electrons. The summed E-state index contributed by atoms with van der Waals surface area (Å²) < 4.78 is 5.51. The molecule has 0 bridgehead atoms. The van der Waals surface area contributed by atoms with Crippen LogP contribution in [0.5, 0.6) is 0 Å². The van der Waals surface area contributed by atoms with Gasteiger partial charge in [-0.1, -0.05) is 340 Å². The number of rotatable bonds is 65. The molecule has 0 aliphatic rings. The Hall–Kier alpha value is -1.66. The van der Waals surface area contributed by atoms with Crippen LogP contribution in [0.25, 0.3) is 0 Å². The third-order valence-electron chi connectivity index (χ3n) is 16.2. The molecule has 0 radical (unpaired) electrons. The van der Waals surface area contributed by atoms with Gasteiger partial charge in [-0.3, -0.25) is 9.59 Å². The highest BCUT2D eigenvalue weighted by Gasteiger charge is 2.18. The smallest absolute Gasteiger partial charge is 0.305 e. The molecule has 0 spiro atoms. The molecule has 0 heterocycles. The molecule has 1 amide bonds. The van der Waals surface area contributed by atoms with Crippen LogP contribution in [0.4, 0.5) is 0 Å². The molecule has 0 fully saturated rings. The SMILES string of the molecule is CCCCCCCCC/C=C\CCCCCCCCCC(=O)OCCCCCCCCCCCCCCCCCCCCCCCCCCCCCCCC(=O)NC(CO)C(O)/C=C/CCCCCCCCCCCC. The van der Waals surface area contributed by atoms with Crippen molar-refractivity contribution in [2.24, 2.45) is 0 Å². The lowest BCUT2D eigenvalue weighted by Crippen LogP contribution is -2.45. The molecular weight excluding hydrogens is 935 g/mol. The highest BCUT2D eigenvalue weighted by atomic mass is 16.5. The first kappa shape index (κ1) is 74.3. The van der Waals surface area contributed by atoms with E-state index in [4.69, 9.17) is 4.74 Å². The summed E-state index contributed by atoms with van der Waals surface area (Å²) in [5.74, 6) is -0.0467. The van der Waals surface area contributed by atoms with Crippen LogP contribution in [-0.2, 0) is 14.3 Å². The number of hydrogen-bond donors (Lipinski definition) is 3. The number of amides is 1. The van der Waals surface area contributed by atoms with Gasteiger partial charge in [-0.05, 0) is 57.8 Å². The fourth-order valence-electron chi connectivity index (χ4n) is 10.9. The van der Waals surface area contributed by atoms with Gasteiger partial charge in [0, 0.05) is 12.8 Å². The van der Waals surface area contributed by atoms with Crippen LogP contribution >= 0.6 is 0 Å². The summed E-state index contributed by atoms with van der Waals surface area (Å²) in [5.41, 5.74) is 0. The summed E-state index contributed by atoms with van der Waals surface area (Å²) in [7, 11) is 0. The van der Waals surface area contributed by atoms with Crippen LogP contribution in [0.3, 0.4) is 0 Å². The van der Waals surface area contributed by atoms with Crippen molar-refractivity contribution in [2.75, 3.05) is 13.2 Å². The van der Waals surface area contributed by atoms with Crippen LogP contribution in [0.15, 0.2) is 24.3 Å². The third kappa shape index (κ3) is 61.6. The summed E-state index contributed by atoms with van der Waals surface area (Å²) >= 11 is 0. The Balaban J connectivity index is 3.32. The van der Waals surface area contributed by atoms with Crippen LogP contribution in [0, 0.1) is 0 Å². The zero-order valence-electron chi connectivity index (χ0n) is 51.5. The maximum absolute atomic E-state index is 12.5. The van der Waals surface area contributed by atoms with Gasteiger partial charge < -0.3 is 20.3 Å². The first-order chi connectivity index (χ1) is 37.5. The van der Waals surface area contributed by atoms with Crippen LogP contribution < -0.4 is 5.32 Å². The largest absolute Gasteiger partial charge is 0.466 e. The molecule has 0 aromatic carbocycles.